The molecule has 0 unspecified atom stereocenters. The Balaban J connectivity index is 1.83. The van der Waals surface area contributed by atoms with Gasteiger partial charge in [-0.05, 0) is 18.1 Å². The van der Waals surface area contributed by atoms with Crippen LogP contribution in [0.3, 0.4) is 0 Å². The van der Waals surface area contributed by atoms with Gasteiger partial charge in [0.05, 0.1) is 36.1 Å². The molecule has 16 heteroatoms. The number of hydrogen-bond acceptors (Lipinski definition) is 5. The van der Waals surface area contributed by atoms with E-state index in [9.17, 15) is 35.9 Å². The van der Waals surface area contributed by atoms with Gasteiger partial charge in [0.15, 0.2) is 5.65 Å². The predicted octanol–water partition coefficient (Wildman–Crippen LogP) is 3.49. The second-order valence-electron chi connectivity index (χ2n) is 9.01. The summed E-state index contributed by atoms with van der Waals surface area (Å²) in [7, 11) is 1.23. The van der Waals surface area contributed by atoms with E-state index in [1.165, 1.54) is 30.1 Å². The van der Waals surface area contributed by atoms with Crippen LogP contribution in [0.4, 0.5) is 35.9 Å². The Hall–Kier alpha value is -3.30. The van der Waals surface area contributed by atoms with Crippen LogP contribution in [0, 0.1) is 5.41 Å². The van der Waals surface area contributed by atoms with Crippen LogP contribution in [0.25, 0.3) is 5.65 Å². The van der Waals surface area contributed by atoms with Crippen LogP contribution >= 0.6 is 0 Å². The number of imidazole rings is 1. The second-order valence-corrected chi connectivity index (χ2v) is 9.01. The highest BCUT2D eigenvalue weighted by atomic mass is 19.4. The van der Waals surface area contributed by atoms with Crippen molar-refractivity contribution in [3.63, 3.8) is 0 Å². The Morgan fingerprint density at radius 3 is 2.50 bits per heavy atom. The summed E-state index contributed by atoms with van der Waals surface area (Å²) in [6, 6.07) is -2.83. The van der Waals surface area contributed by atoms with Crippen LogP contribution in [-0.2, 0) is 11.2 Å². The highest BCUT2D eigenvalue weighted by molar-refractivity contribution is 5.77. The Kier molecular flexibility index (Phi) is 7.30. The zero-order valence-electron chi connectivity index (χ0n) is 19.3. The lowest BCUT2D eigenvalue weighted by molar-refractivity contribution is -0.215. The molecular formula is C20H24F6N6O4. The molecule has 1 aliphatic rings. The Morgan fingerprint density at radius 1 is 1.31 bits per heavy atom. The number of methoxy groups -OCH3 is 1. The standard InChI is InChI=1S/C20H24F6N6O4/c1-18(2,20(24,25)26)6-11(29-17(34)35)12-8-32-14(28-12)4-10(7-27-32)5-15(36-3)31-9-13(19(21,22)23)30-16(31)33/h4,7-8,11,13,15,29H,5-6,9H2,1-3H3,(H,30,33)(H,34,35)/t11-,13-,15-/m0/s1. The van der Waals surface area contributed by atoms with Crippen molar-refractivity contribution in [3.05, 3.63) is 29.7 Å². The zero-order valence-corrected chi connectivity index (χ0v) is 19.3. The van der Waals surface area contributed by atoms with E-state index in [2.05, 4.69) is 10.1 Å². The molecule has 3 N–H and O–H groups in total. The zero-order chi connectivity index (χ0) is 27.1. The molecule has 200 valence electrons. The van der Waals surface area contributed by atoms with Crippen molar-refractivity contribution in [1.82, 2.24) is 30.1 Å². The molecule has 3 rings (SSSR count). The van der Waals surface area contributed by atoms with E-state index in [4.69, 9.17) is 9.84 Å². The van der Waals surface area contributed by atoms with Gasteiger partial charge in [0.2, 0.25) is 0 Å². The first-order valence-electron chi connectivity index (χ1n) is 10.6. The first-order chi connectivity index (χ1) is 16.5. The minimum atomic E-state index is -4.63. The fourth-order valence-electron chi connectivity index (χ4n) is 3.73. The average molecular weight is 526 g/mol. The van der Waals surface area contributed by atoms with Crippen molar-refractivity contribution in [2.45, 2.75) is 57.4 Å². The summed E-state index contributed by atoms with van der Waals surface area (Å²) in [5.74, 6) is 0. The van der Waals surface area contributed by atoms with Gasteiger partial charge in [-0.1, -0.05) is 13.8 Å². The SMILES string of the molecule is CO[C@@H](Cc1cnn2cc([C@H](CC(C)(C)C(F)(F)F)NC(=O)O)nc2c1)N1C[C@@H](C(F)(F)F)NC1=O. The van der Waals surface area contributed by atoms with Crippen molar-refractivity contribution < 1.29 is 45.8 Å². The van der Waals surface area contributed by atoms with Gasteiger partial charge < -0.3 is 20.5 Å². The van der Waals surface area contributed by atoms with Crippen LogP contribution < -0.4 is 10.6 Å². The molecule has 0 aliphatic carbocycles. The normalized spacial score (nSPS) is 18.9. The molecule has 10 nitrogen and oxygen atoms in total. The van der Waals surface area contributed by atoms with Crippen molar-refractivity contribution in [1.29, 1.82) is 0 Å². The third-order valence-electron chi connectivity index (χ3n) is 5.89. The predicted molar refractivity (Wildman–Crippen MR) is 111 cm³/mol. The van der Waals surface area contributed by atoms with E-state index in [1.807, 2.05) is 10.6 Å². The number of ether oxygens (including phenoxy) is 1. The molecule has 0 radical (unpaired) electrons. The lowest BCUT2D eigenvalue weighted by Gasteiger charge is -2.31. The molecule has 3 heterocycles. The minimum absolute atomic E-state index is 0.00499. The number of nitrogens with one attached hydrogen (secondary N) is 2. The molecule has 0 aromatic carbocycles. The van der Waals surface area contributed by atoms with E-state index in [0.717, 1.165) is 18.7 Å². The molecular weight excluding hydrogens is 502 g/mol. The van der Waals surface area contributed by atoms with Crippen molar-refractivity contribution in [2.75, 3.05) is 13.7 Å². The number of fused-ring (bicyclic) bond motifs is 1. The first-order valence-corrected chi connectivity index (χ1v) is 10.6. The van der Waals surface area contributed by atoms with Gasteiger partial charge in [-0.25, -0.2) is 19.1 Å². The van der Waals surface area contributed by atoms with E-state index >= 15 is 0 Å². The van der Waals surface area contributed by atoms with E-state index in [-0.39, 0.29) is 17.8 Å². The average Bonchev–Trinajstić information content (AvgIpc) is 3.33. The number of amides is 3. The monoisotopic (exact) mass is 526 g/mol. The van der Waals surface area contributed by atoms with Crippen LogP contribution in [0.5, 0.6) is 0 Å². The Bertz CT molecular complexity index is 1120. The third kappa shape index (κ3) is 5.91. The molecule has 1 fully saturated rings. The number of carbonyl (C=O) groups is 2. The van der Waals surface area contributed by atoms with Crippen molar-refractivity contribution in [2.24, 2.45) is 5.41 Å². The summed E-state index contributed by atoms with van der Waals surface area (Å²) in [6.07, 6.45) is -9.90. The smallest absolute Gasteiger partial charge is 0.410 e. The number of carbonyl (C=O) groups excluding carboxylic acids is 1. The fraction of sp³-hybridized carbons (Fsp3) is 0.600. The van der Waals surface area contributed by atoms with Gasteiger partial charge >= 0.3 is 24.5 Å². The van der Waals surface area contributed by atoms with Crippen LogP contribution in [0.1, 0.15) is 37.6 Å². The molecule has 1 saturated heterocycles. The molecule has 3 amide bonds. The maximum absolute atomic E-state index is 13.4. The lowest BCUT2D eigenvalue weighted by Crippen LogP contribution is -2.41. The number of urea groups is 1. The summed E-state index contributed by atoms with van der Waals surface area (Å²) in [5.41, 5.74) is -1.67. The molecule has 0 bridgehead atoms. The minimum Gasteiger partial charge on any atom is -0.465 e. The Labute approximate surface area is 200 Å². The number of hydrogen-bond donors (Lipinski definition) is 3. The summed E-state index contributed by atoms with van der Waals surface area (Å²) >= 11 is 0. The number of rotatable bonds is 8. The van der Waals surface area contributed by atoms with Gasteiger partial charge in [0.1, 0.15) is 12.3 Å². The topological polar surface area (TPSA) is 121 Å². The first kappa shape index (κ1) is 27.3. The summed E-state index contributed by atoms with van der Waals surface area (Å²) < 4.78 is 85.5. The number of aromatic nitrogens is 3. The van der Waals surface area contributed by atoms with Gasteiger partial charge in [-0.15, -0.1) is 0 Å². The number of alkyl halides is 6. The number of halogens is 6. The molecule has 36 heavy (non-hydrogen) atoms. The van der Waals surface area contributed by atoms with E-state index < -0.39 is 61.2 Å². The quantitative estimate of drug-likeness (QED) is 0.453. The number of carboxylic acid groups (broad SMARTS) is 1. The van der Waals surface area contributed by atoms with Crippen LogP contribution in [-0.4, -0.2) is 75.0 Å². The molecule has 2 aromatic rings. The summed E-state index contributed by atoms with van der Waals surface area (Å²) in [5, 5.41) is 17.1. The highest BCUT2D eigenvalue weighted by Crippen LogP contribution is 2.43. The van der Waals surface area contributed by atoms with Crippen molar-refractivity contribution in [3.8, 4) is 0 Å². The lowest BCUT2D eigenvalue weighted by atomic mass is 9.84. The van der Waals surface area contributed by atoms with E-state index in [0.29, 0.717) is 5.56 Å². The maximum atomic E-state index is 13.4. The molecule has 3 atom stereocenters. The molecule has 0 spiro atoms. The highest BCUT2D eigenvalue weighted by Gasteiger charge is 2.49. The largest absolute Gasteiger partial charge is 0.465 e. The number of nitrogens with zero attached hydrogens (tertiary/aromatic N) is 4. The van der Waals surface area contributed by atoms with Crippen LogP contribution in [0.2, 0.25) is 0 Å². The fourth-order valence-corrected chi connectivity index (χ4v) is 3.73. The van der Waals surface area contributed by atoms with Gasteiger partial charge in [0, 0.05) is 13.5 Å². The van der Waals surface area contributed by atoms with E-state index in [1.54, 1.807) is 0 Å². The van der Waals surface area contributed by atoms with Crippen LogP contribution in [0.15, 0.2) is 18.5 Å². The van der Waals surface area contributed by atoms with Gasteiger partial charge in [-0.3, -0.25) is 4.90 Å². The maximum Gasteiger partial charge on any atom is 0.410 e. The molecule has 1 aliphatic heterocycles. The van der Waals surface area contributed by atoms with Crippen molar-refractivity contribution >= 4 is 17.8 Å². The molecule has 0 saturated carbocycles. The summed E-state index contributed by atoms with van der Waals surface area (Å²) in [6.45, 7) is 1.23. The summed E-state index contributed by atoms with van der Waals surface area (Å²) in [4.78, 5) is 28.4. The molecule has 2 aromatic heterocycles. The second kappa shape index (κ2) is 9.63. The Morgan fingerprint density at radius 2 is 1.97 bits per heavy atom. The third-order valence-corrected chi connectivity index (χ3v) is 5.89. The van der Waals surface area contributed by atoms with Gasteiger partial charge in [-0.2, -0.15) is 31.4 Å². The van der Waals surface area contributed by atoms with Gasteiger partial charge in [0.25, 0.3) is 0 Å².